The minimum absolute atomic E-state index is 0.0541. The Morgan fingerprint density at radius 1 is 1.35 bits per heavy atom. The zero-order chi connectivity index (χ0) is 14.5. The molecule has 0 saturated heterocycles. The van der Waals surface area contributed by atoms with Gasteiger partial charge in [0.25, 0.3) is 5.91 Å². The summed E-state index contributed by atoms with van der Waals surface area (Å²) in [6.45, 7) is 4.91. The Morgan fingerprint density at radius 2 is 2.05 bits per heavy atom. The molecular weight excluding hydrogens is 272 g/mol. The van der Waals surface area contributed by atoms with Crippen LogP contribution in [0.25, 0.3) is 0 Å². The Balaban J connectivity index is 1.77. The zero-order valence-electron chi connectivity index (χ0n) is 12.3. The van der Waals surface area contributed by atoms with Crippen LogP contribution in [0, 0.1) is 18.8 Å². The molecule has 1 aromatic heterocycles. The monoisotopic (exact) mass is 294 g/mol. The predicted octanol–water partition coefficient (Wildman–Crippen LogP) is 3.99. The van der Waals surface area contributed by atoms with E-state index in [0.29, 0.717) is 10.7 Å². The van der Waals surface area contributed by atoms with Crippen molar-refractivity contribution in [2.24, 2.45) is 11.8 Å². The van der Waals surface area contributed by atoms with Gasteiger partial charge in [0.2, 0.25) is 0 Å². The molecule has 4 heteroatoms. The number of aromatic nitrogens is 1. The van der Waals surface area contributed by atoms with Gasteiger partial charge in [0, 0.05) is 17.8 Å². The molecule has 1 N–H and O–H groups in total. The van der Waals surface area contributed by atoms with Gasteiger partial charge in [-0.2, -0.15) is 0 Å². The van der Waals surface area contributed by atoms with Crippen LogP contribution in [0.1, 0.15) is 55.1 Å². The average molecular weight is 295 g/mol. The van der Waals surface area contributed by atoms with Crippen molar-refractivity contribution in [3.8, 4) is 0 Å². The van der Waals surface area contributed by atoms with E-state index < -0.39 is 0 Å². The lowest BCUT2D eigenvalue weighted by Crippen LogP contribution is -2.27. The first kappa shape index (κ1) is 15.3. The fraction of sp³-hybridized carbons (Fsp3) is 0.625. The number of aryl methyl sites for hydroxylation is 1. The SMILES string of the molecule is Cc1cc(C(=O)NCCC2CCC(C)CC2)cc(Cl)n1. The molecule has 0 bridgehead atoms. The van der Waals surface area contributed by atoms with E-state index in [-0.39, 0.29) is 5.91 Å². The van der Waals surface area contributed by atoms with E-state index in [1.54, 1.807) is 12.1 Å². The van der Waals surface area contributed by atoms with Crippen LogP contribution in [0.5, 0.6) is 0 Å². The van der Waals surface area contributed by atoms with Gasteiger partial charge in [-0.1, -0.05) is 44.2 Å². The van der Waals surface area contributed by atoms with Gasteiger partial charge in [-0.15, -0.1) is 0 Å². The zero-order valence-corrected chi connectivity index (χ0v) is 13.0. The Kier molecular flexibility index (Phi) is 5.41. The number of nitrogens with zero attached hydrogens (tertiary/aromatic N) is 1. The van der Waals surface area contributed by atoms with Crippen molar-refractivity contribution < 1.29 is 4.79 Å². The fourth-order valence-electron chi connectivity index (χ4n) is 2.87. The summed E-state index contributed by atoms with van der Waals surface area (Å²) in [5.41, 5.74) is 1.36. The molecule has 1 fully saturated rings. The molecule has 1 aliphatic rings. The summed E-state index contributed by atoms with van der Waals surface area (Å²) in [5, 5.41) is 3.36. The number of nitrogens with one attached hydrogen (secondary N) is 1. The van der Waals surface area contributed by atoms with Crippen LogP contribution in [-0.4, -0.2) is 17.4 Å². The first-order valence-electron chi connectivity index (χ1n) is 7.47. The highest BCUT2D eigenvalue weighted by Crippen LogP contribution is 2.29. The first-order valence-corrected chi connectivity index (χ1v) is 7.85. The fourth-order valence-corrected chi connectivity index (χ4v) is 3.12. The number of pyridine rings is 1. The van der Waals surface area contributed by atoms with E-state index in [4.69, 9.17) is 11.6 Å². The molecule has 0 atom stereocenters. The van der Waals surface area contributed by atoms with E-state index in [1.807, 2.05) is 6.92 Å². The van der Waals surface area contributed by atoms with Gasteiger partial charge in [0.1, 0.15) is 5.15 Å². The second-order valence-electron chi connectivity index (χ2n) is 5.99. The van der Waals surface area contributed by atoms with Crippen LogP contribution >= 0.6 is 11.6 Å². The van der Waals surface area contributed by atoms with Crippen molar-refractivity contribution in [1.29, 1.82) is 0 Å². The Hall–Kier alpha value is -1.09. The molecule has 0 radical (unpaired) electrons. The van der Waals surface area contributed by atoms with Gasteiger partial charge in [-0.05, 0) is 37.3 Å². The maximum Gasteiger partial charge on any atom is 0.251 e. The third-order valence-electron chi connectivity index (χ3n) is 4.16. The van der Waals surface area contributed by atoms with E-state index in [9.17, 15) is 4.79 Å². The van der Waals surface area contributed by atoms with E-state index in [2.05, 4.69) is 17.2 Å². The lowest BCUT2D eigenvalue weighted by atomic mass is 9.81. The van der Waals surface area contributed by atoms with Gasteiger partial charge in [-0.25, -0.2) is 4.98 Å². The van der Waals surface area contributed by atoms with Gasteiger partial charge in [0.05, 0.1) is 0 Å². The lowest BCUT2D eigenvalue weighted by molar-refractivity contribution is 0.0949. The third kappa shape index (κ3) is 4.48. The molecule has 1 aliphatic carbocycles. The van der Waals surface area contributed by atoms with E-state index in [1.165, 1.54) is 25.7 Å². The molecule has 1 heterocycles. The quantitative estimate of drug-likeness (QED) is 0.853. The number of hydrogen-bond donors (Lipinski definition) is 1. The van der Waals surface area contributed by atoms with Crippen LogP contribution in [0.15, 0.2) is 12.1 Å². The lowest BCUT2D eigenvalue weighted by Gasteiger charge is -2.26. The Bertz CT molecular complexity index is 447. The second kappa shape index (κ2) is 7.07. The highest BCUT2D eigenvalue weighted by Gasteiger charge is 2.18. The van der Waals surface area contributed by atoms with Crippen molar-refractivity contribution >= 4 is 17.5 Å². The molecule has 1 amide bonds. The van der Waals surface area contributed by atoms with Gasteiger partial charge in [0.15, 0.2) is 0 Å². The van der Waals surface area contributed by atoms with Crippen molar-refractivity contribution in [3.63, 3.8) is 0 Å². The highest BCUT2D eigenvalue weighted by atomic mass is 35.5. The summed E-state index contributed by atoms with van der Waals surface area (Å²) < 4.78 is 0. The van der Waals surface area contributed by atoms with Gasteiger partial charge >= 0.3 is 0 Å². The Morgan fingerprint density at radius 3 is 2.70 bits per heavy atom. The summed E-state index contributed by atoms with van der Waals surface area (Å²) in [7, 11) is 0. The minimum atomic E-state index is -0.0541. The van der Waals surface area contributed by atoms with Crippen LogP contribution in [-0.2, 0) is 0 Å². The average Bonchev–Trinajstić information content (AvgIpc) is 2.40. The molecule has 0 spiro atoms. The number of carbonyl (C=O) groups is 1. The molecule has 0 unspecified atom stereocenters. The van der Waals surface area contributed by atoms with Crippen LogP contribution in [0.3, 0.4) is 0 Å². The summed E-state index contributed by atoms with van der Waals surface area (Å²) in [4.78, 5) is 16.1. The van der Waals surface area contributed by atoms with Crippen LogP contribution in [0.2, 0.25) is 5.15 Å². The van der Waals surface area contributed by atoms with Gasteiger partial charge in [-0.3, -0.25) is 4.79 Å². The van der Waals surface area contributed by atoms with E-state index in [0.717, 1.165) is 30.5 Å². The molecular formula is C16H23ClN2O. The van der Waals surface area contributed by atoms with Crippen molar-refractivity contribution in [2.45, 2.75) is 46.0 Å². The molecule has 20 heavy (non-hydrogen) atoms. The van der Waals surface area contributed by atoms with Crippen LogP contribution in [0.4, 0.5) is 0 Å². The Labute approximate surface area is 126 Å². The summed E-state index contributed by atoms with van der Waals surface area (Å²) in [6, 6.07) is 3.38. The van der Waals surface area contributed by atoms with Crippen molar-refractivity contribution in [3.05, 3.63) is 28.5 Å². The topological polar surface area (TPSA) is 42.0 Å². The smallest absolute Gasteiger partial charge is 0.251 e. The number of rotatable bonds is 4. The van der Waals surface area contributed by atoms with Gasteiger partial charge < -0.3 is 5.32 Å². The largest absolute Gasteiger partial charge is 0.352 e. The van der Waals surface area contributed by atoms with E-state index >= 15 is 0 Å². The summed E-state index contributed by atoms with van der Waals surface area (Å²) in [5.74, 6) is 1.60. The maximum absolute atomic E-state index is 12.0. The van der Waals surface area contributed by atoms with Crippen molar-refractivity contribution in [2.75, 3.05) is 6.54 Å². The highest BCUT2D eigenvalue weighted by molar-refractivity contribution is 6.29. The summed E-state index contributed by atoms with van der Waals surface area (Å²) in [6.07, 6.45) is 6.35. The van der Waals surface area contributed by atoms with Crippen molar-refractivity contribution in [1.82, 2.24) is 10.3 Å². The summed E-state index contributed by atoms with van der Waals surface area (Å²) >= 11 is 5.87. The number of hydrogen-bond acceptors (Lipinski definition) is 2. The molecule has 3 nitrogen and oxygen atoms in total. The maximum atomic E-state index is 12.0. The first-order chi connectivity index (χ1) is 9.54. The molecule has 1 saturated carbocycles. The second-order valence-corrected chi connectivity index (χ2v) is 6.38. The molecule has 0 aliphatic heterocycles. The standard InChI is InChI=1S/C16H23ClN2O/c1-11-3-5-13(6-4-11)7-8-18-16(20)14-9-12(2)19-15(17)10-14/h9-11,13H,3-8H2,1-2H3,(H,18,20). The minimum Gasteiger partial charge on any atom is -0.352 e. The third-order valence-corrected chi connectivity index (χ3v) is 4.35. The normalized spacial score (nSPS) is 22.6. The predicted molar refractivity (Wildman–Crippen MR) is 82.1 cm³/mol. The molecule has 110 valence electrons. The molecule has 2 rings (SSSR count). The van der Waals surface area contributed by atoms with Crippen LogP contribution < -0.4 is 5.32 Å². The number of amides is 1. The molecule has 0 aromatic carbocycles. The number of halogens is 1. The number of carbonyl (C=O) groups excluding carboxylic acids is 1. The molecule has 1 aromatic rings.